The van der Waals surface area contributed by atoms with Gasteiger partial charge in [-0.05, 0) is 37.5 Å². The Kier molecular flexibility index (Phi) is 4.83. The summed E-state index contributed by atoms with van der Waals surface area (Å²) in [4.78, 5) is 11.7. The minimum Gasteiger partial charge on any atom is -0.494 e. The van der Waals surface area contributed by atoms with E-state index in [0.717, 1.165) is 25.7 Å². The molecule has 0 spiro atoms. The lowest BCUT2D eigenvalue weighted by atomic mass is 9.87. The third-order valence-electron chi connectivity index (χ3n) is 4.25. The van der Waals surface area contributed by atoms with Gasteiger partial charge in [0.15, 0.2) is 11.6 Å². The molecule has 1 unspecified atom stereocenters. The number of ether oxygens (including phenoxy) is 1. The van der Waals surface area contributed by atoms with Gasteiger partial charge in [-0.25, -0.2) is 9.18 Å². The molecule has 0 aromatic heterocycles. The second kappa shape index (κ2) is 6.43. The molecule has 1 aromatic carbocycles. The zero-order valence-corrected chi connectivity index (χ0v) is 12.5. The fraction of sp³-hybridized carbons (Fsp3) is 0.562. The van der Waals surface area contributed by atoms with Crippen LogP contribution < -0.4 is 10.1 Å². The molecule has 0 heterocycles. The molecule has 0 radical (unpaired) electrons. The average molecular weight is 295 g/mol. The number of halogens is 1. The zero-order valence-electron chi connectivity index (χ0n) is 12.5. The van der Waals surface area contributed by atoms with Crippen LogP contribution in [0.5, 0.6) is 5.75 Å². The number of methoxy groups -OCH3 is 1. The van der Waals surface area contributed by atoms with Crippen molar-refractivity contribution in [3.63, 3.8) is 0 Å². The summed E-state index contributed by atoms with van der Waals surface area (Å²) in [5.74, 6) is -1.44. The van der Waals surface area contributed by atoms with Gasteiger partial charge in [0.1, 0.15) is 5.54 Å². The zero-order chi connectivity index (χ0) is 15.5. The van der Waals surface area contributed by atoms with E-state index in [-0.39, 0.29) is 11.8 Å². The maximum Gasteiger partial charge on any atom is 0.328 e. The van der Waals surface area contributed by atoms with Crippen molar-refractivity contribution >= 4 is 5.97 Å². The summed E-state index contributed by atoms with van der Waals surface area (Å²) >= 11 is 0. The minimum absolute atomic E-state index is 0.115. The first-order valence-corrected chi connectivity index (χ1v) is 7.32. The van der Waals surface area contributed by atoms with Crippen molar-refractivity contribution in [3.8, 4) is 5.75 Å². The number of hydrogen-bond donors (Lipinski definition) is 2. The number of aliphatic carboxylic acids is 1. The van der Waals surface area contributed by atoms with E-state index in [1.807, 2.05) is 0 Å². The molecule has 4 nitrogen and oxygen atoms in total. The fourth-order valence-corrected chi connectivity index (χ4v) is 2.90. The van der Waals surface area contributed by atoms with E-state index >= 15 is 0 Å². The highest BCUT2D eigenvalue weighted by Crippen LogP contribution is 2.29. The molecule has 2 rings (SSSR count). The van der Waals surface area contributed by atoms with Gasteiger partial charge in [0.2, 0.25) is 0 Å². The highest BCUT2D eigenvalue weighted by atomic mass is 19.1. The lowest BCUT2D eigenvalue weighted by Gasteiger charge is -2.34. The van der Waals surface area contributed by atoms with Gasteiger partial charge in [-0.15, -0.1) is 0 Å². The molecule has 0 bridgehead atoms. The first-order chi connectivity index (χ1) is 9.97. The van der Waals surface area contributed by atoms with E-state index < -0.39 is 17.3 Å². The van der Waals surface area contributed by atoms with E-state index in [2.05, 4.69) is 5.32 Å². The Morgan fingerprint density at radius 2 is 2.05 bits per heavy atom. The Morgan fingerprint density at radius 3 is 2.57 bits per heavy atom. The Morgan fingerprint density at radius 1 is 1.38 bits per heavy atom. The molecule has 1 saturated carbocycles. The van der Waals surface area contributed by atoms with Crippen molar-refractivity contribution < 1.29 is 19.0 Å². The van der Waals surface area contributed by atoms with Crippen LogP contribution in [0.2, 0.25) is 0 Å². The quantitative estimate of drug-likeness (QED) is 0.876. The molecule has 0 aliphatic heterocycles. The first kappa shape index (κ1) is 15.8. The fourth-order valence-electron chi connectivity index (χ4n) is 2.90. The molecule has 1 atom stereocenters. The summed E-state index contributed by atoms with van der Waals surface area (Å²) in [7, 11) is 1.38. The molecule has 1 aliphatic carbocycles. The van der Waals surface area contributed by atoms with Crippen molar-refractivity contribution in [1.82, 2.24) is 5.32 Å². The topological polar surface area (TPSA) is 58.6 Å². The van der Waals surface area contributed by atoms with E-state index in [1.165, 1.54) is 25.7 Å². The van der Waals surface area contributed by atoms with E-state index in [1.54, 1.807) is 13.0 Å². The number of rotatable bonds is 5. The molecule has 5 heteroatoms. The molecule has 21 heavy (non-hydrogen) atoms. The number of benzene rings is 1. The van der Waals surface area contributed by atoms with Crippen LogP contribution in [0.4, 0.5) is 4.39 Å². The van der Waals surface area contributed by atoms with Crippen LogP contribution >= 0.6 is 0 Å². The molecule has 1 aromatic rings. The lowest BCUT2D eigenvalue weighted by molar-refractivity contribution is -0.145. The standard InChI is InChI=1S/C16H22FNO3/c1-16(15(19)20,18-12-6-4-3-5-7-12)11-8-9-14(21-2)13(17)10-11/h8-10,12,18H,3-7H2,1-2H3,(H,19,20). The van der Waals surface area contributed by atoms with Crippen molar-refractivity contribution in [2.75, 3.05) is 7.11 Å². The maximum absolute atomic E-state index is 13.9. The van der Waals surface area contributed by atoms with E-state index in [4.69, 9.17) is 4.74 Å². The monoisotopic (exact) mass is 295 g/mol. The first-order valence-electron chi connectivity index (χ1n) is 7.32. The molecule has 1 fully saturated rings. The van der Waals surface area contributed by atoms with Crippen LogP contribution in [-0.2, 0) is 10.3 Å². The van der Waals surface area contributed by atoms with Crippen molar-refractivity contribution in [1.29, 1.82) is 0 Å². The second-order valence-corrected chi connectivity index (χ2v) is 5.76. The van der Waals surface area contributed by atoms with Crippen LogP contribution in [0.3, 0.4) is 0 Å². The van der Waals surface area contributed by atoms with E-state index in [9.17, 15) is 14.3 Å². The van der Waals surface area contributed by atoms with Crippen molar-refractivity contribution in [3.05, 3.63) is 29.6 Å². The van der Waals surface area contributed by atoms with Crippen LogP contribution in [0.15, 0.2) is 18.2 Å². The summed E-state index contributed by atoms with van der Waals surface area (Å²) in [5, 5.41) is 12.8. The predicted molar refractivity (Wildman–Crippen MR) is 77.9 cm³/mol. The maximum atomic E-state index is 13.9. The molecule has 116 valence electrons. The average Bonchev–Trinajstić information content (AvgIpc) is 2.47. The van der Waals surface area contributed by atoms with Gasteiger partial charge in [-0.1, -0.05) is 25.3 Å². The van der Waals surface area contributed by atoms with Gasteiger partial charge in [0.25, 0.3) is 0 Å². The van der Waals surface area contributed by atoms with Gasteiger partial charge in [-0.2, -0.15) is 0 Å². The SMILES string of the molecule is COc1ccc(C(C)(NC2CCCCC2)C(=O)O)cc1F. The summed E-state index contributed by atoms with van der Waals surface area (Å²) in [6.07, 6.45) is 5.32. The highest BCUT2D eigenvalue weighted by Gasteiger charge is 2.37. The molecular weight excluding hydrogens is 273 g/mol. The van der Waals surface area contributed by atoms with Crippen LogP contribution in [-0.4, -0.2) is 24.2 Å². The Bertz CT molecular complexity index is 514. The van der Waals surface area contributed by atoms with Crippen LogP contribution in [0, 0.1) is 5.82 Å². The summed E-state index contributed by atoms with van der Waals surface area (Å²) in [6, 6.07) is 4.47. The largest absolute Gasteiger partial charge is 0.494 e. The summed E-state index contributed by atoms with van der Waals surface area (Å²) < 4.78 is 18.8. The highest BCUT2D eigenvalue weighted by molar-refractivity contribution is 5.80. The van der Waals surface area contributed by atoms with Gasteiger partial charge >= 0.3 is 5.97 Å². The third kappa shape index (κ3) is 3.35. The smallest absolute Gasteiger partial charge is 0.328 e. The Labute approximate surface area is 124 Å². The molecule has 1 aliphatic rings. The number of carboxylic acids is 1. The van der Waals surface area contributed by atoms with Crippen molar-refractivity contribution in [2.24, 2.45) is 0 Å². The number of carboxylic acid groups (broad SMARTS) is 1. The van der Waals surface area contributed by atoms with Crippen LogP contribution in [0.1, 0.15) is 44.6 Å². The molecular formula is C16H22FNO3. The van der Waals surface area contributed by atoms with Crippen molar-refractivity contribution in [2.45, 2.75) is 50.6 Å². The summed E-state index contributed by atoms with van der Waals surface area (Å²) in [6.45, 7) is 1.59. The number of hydrogen-bond acceptors (Lipinski definition) is 3. The van der Waals surface area contributed by atoms with Gasteiger partial charge in [-0.3, -0.25) is 5.32 Å². The van der Waals surface area contributed by atoms with Gasteiger partial charge in [0.05, 0.1) is 7.11 Å². The predicted octanol–water partition coefficient (Wildman–Crippen LogP) is 3.06. The summed E-state index contributed by atoms with van der Waals surface area (Å²) in [5.41, 5.74) is -0.895. The lowest BCUT2D eigenvalue weighted by Crippen LogP contribution is -2.51. The van der Waals surface area contributed by atoms with Crippen LogP contribution in [0.25, 0.3) is 0 Å². The van der Waals surface area contributed by atoms with E-state index in [0.29, 0.717) is 5.56 Å². The third-order valence-corrected chi connectivity index (χ3v) is 4.25. The molecule has 2 N–H and O–H groups in total. The Balaban J connectivity index is 2.28. The number of nitrogens with one attached hydrogen (secondary N) is 1. The molecule has 0 saturated heterocycles. The minimum atomic E-state index is -1.30. The Hall–Kier alpha value is -1.62. The number of carbonyl (C=O) groups is 1. The second-order valence-electron chi connectivity index (χ2n) is 5.76. The molecule has 0 amide bonds. The van der Waals surface area contributed by atoms with Gasteiger partial charge < -0.3 is 9.84 Å². The normalized spacial score (nSPS) is 19.0. The van der Waals surface area contributed by atoms with Gasteiger partial charge in [0, 0.05) is 6.04 Å².